The SMILES string of the molecule is O=C(O)[C@@H]1CCCN1C(=O)COc1cccc(Br)c1. The second kappa shape index (κ2) is 6.06. The third-order valence-corrected chi connectivity index (χ3v) is 3.51. The van der Waals surface area contributed by atoms with E-state index in [9.17, 15) is 9.59 Å². The van der Waals surface area contributed by atoms with Crippen LogP contribution in [0, 0.1) is 0 Å². The molecule has 1 amide bonds. The van der Waals surface area contributed by atoms with Gasteiger partial charge in [-0.2, -0.15) is 0 Å². The van der Waals surface area contributed by atoms with Crippen molar-refractivity contribution in [3.63, 3.8) is 0 Å². The highest BCUT2D eigenvalue weighted by atomic mass is 79.9. The molecule has 0 aliphatic carbocycles. The maximum Gasteiger partial charge on any atom is 0.326 e. The molecule has 0 unspecified atom stereocenters. The summed E-state index contributed by atoms with van der Waals surface area (Å²) in [5, 5.41) is 9.01. The van der Waals surface area contributed by atoms with Crippen LogP contribution in [0.25, 0.3) is 0 Å². The second-order valence-corrected chi connectivity index (χ2v) is 5.25. The van der Waals surface area contributed by atoms with Crippen LogP contribution in [-0.2, 0) is 9.59 Å². The first-order valence-electron chi connectivity index (χ1n) is 5.98. The van der Waals surface area contributed by atoms with E-state index in [2.05, 4.69) is 15.9 Å². The highest BCUT2D eigenvalue weighted by molar-refractivity contribution is 9.10. The monoisotopic (exact) mass is 327 g/mol. The number of aliphatic carboxylic acids is 1. The van der Waals surface area contributed by atoms with Crippen molar-refractivity contribution in [3.8, 4) is 5.75 Å². The van der Waals surface area contributed by atoms with Crippen molar-refractivity contribution < 1.29 is 19.4 Å². The molecule has 0 aromatic heterocycles. The van der Waals surface area contributed by atoms with E-state index in [0.29, 0.717) is 18.7 Å². The Kier molecular flexibility index (Phi) is 4.42. The summed E-state index contributed by atoms with van der Waals surface area (Å²) in [4.78, 5) is 24.3. The zero-order valence-corrected chi connectivity index (χ0v) is 11.8. The highest BCUT2D eigenvalue weighted by Gasteiger charge is 2.33. The number of carboxylic acid groups (broad SMARTS) is 1. The molecule has 19 heavy (non-hydrogen) atoms. The zero-order chi connectivity index (χ0) is 13.8. The molecule has 1 heterocycles. The molecule has 1 N–H and O–H groups in total. The Labute approximate surface area is 119 Å². The zero-order valence-electron chi connectivity index (χ0n) is 10.2. The topological polar surface area (TPSA) is 66.8 Å². The number of halogens is 1. The minimum atomic E-state index is -0.951. The van der Waals surface area contributed by atoms with Gasteiger partial charge in [0.25, 0.3) is 5.91 Å². The molecule has 1 aliphatic rings. The maximum atomic E-state index is 11.9. The fraction of sp³-hybridized carbons (Fsp3) is 0.385. The molecule has 1 fully saturated rings. The van der Waals surface area contributed by atoms with Gasteiger partial charge in [0, 0.05) is 11.0 Å². The van der Waals surface area contributed by atoms with Gasteiger partial charge in [-0.15, -0.1) is 0 Å². The van der Waals surface area contributed by atoms with Gasteiger partial charge in [0.1, 0.15) is 11.8 Å². The van der Waals surface area contributed by atoms with Gasteiger partial charge in [-0.05, 0) is 31.0 Å². The summed E-state index contributed by atoms with van der Waals surface area (Å²) in [6.45, 7) is 0.345. The first kappa shape index (κ1) is 13.9. The number of nitrogens with zero attached hydrogens (tertiary/aromatic N) is 1. The molecule has 0 radical (unpaired) electrons. The third kappa shape index (κ3) is 3.47. The molecule has 102 valence electrons. The lowest BCUT2D eigenvalue weighted by atomic mass is 10.2. The molecule has 2 rings (SSSR count). The largest absolute Gasteiger partial charge is 0.484 e. The molecule has 5 nitrogen and oxygen atoms in total. The third-order valence-electron chi connectivity index (χ3n) is 3.02. The van der Waals surface area contributed by atoms with E-state index in [1.807, 2.05) is 6.07 Å². The van der Waals surface area contributed by atoms with Crippen molar-refractivity contribution in [3.05, 3.63) is 28.7 Å². The Morgan fingerprint density at radius 2 is 2.26 bits per heavy atom. The fourth-order valence-electron chi connectivity index (χ4n) is 2.11. The standard InChI is InChI=1S/C13H14BrNO4/c14-9-3-1-4-10(7-9)19-8-12(16)15-6-2-5-11(15)13(17)18/h1,3-4,7,11H,2,5-6,8H2,(H,17,18)/t11-/m0/s1. The van der Waals surface area contributed by atoms with Crippen LogP contribution in [0.2, 0.25) is 0 Å². The van der Waals surface area contributed by atoms with Crippen molar-refractivity contribution in [2.75, 3.05) is 13.2 Å². The molecule has 1 aromatic carbocycles. The summed E-state index contributed by atoms with van der Waals surface area (Å²) >= 11 is 3.31. The van der Waals surface area contributed by atoms with Gasteiger partial charge >= 0.3 is 5.97 Å². The van der Waals surface area contributed by atoms with Crippen LogP contribution in [0.5, 0.6) is 5.75 Å². The number of benzene rings is 1. The first-order chi connectivity index (χ1) is 9.08. The quantitative estimate of drug-likeness (QED) is 0.917. The van der Waals surface area contributed by atoms with Crippen LogP contribution < -0.4 is 4.74 Å². The lowest BCUT2D eigenvalue weighted by Gasteiger charge is -2.21. The summed E-state index contributed by atoms with van der Waals surface area (Å²) < 4.78 is 6.24. The van der Waals surface area contributed by atoms with Crippen molar-refractivity contribution >= 4 is 27.8 Å². The number of hydrogen-bond donors (Lipinski definition) is 1. The molecule has 1 aromatic rings. The molecule has 1 atom stereocenters. The summed E-state index contributed by atoms with van der Waals surface area (Å²) in [7, 11) is 0. The molecule has 1 saturated heterocycles. The number of ether oxygens (including phenoxy) is 1. The second-order valence-electron chi connectivity index (χ2n) is 4.33. The average molecular weight is 328 g/mol. The normalized spacial score (nSPS) is 18.4. The Bertz CT molecular complexity index is 491. The molecule has 0 saturated carbocycles. The van der Waals surface area contributed by atoms with Crippen LogP contribution in [0.1, 0.15) is 12.8 Å². The first-order valence-corrected chi connectivity index (χ1v) is 6.78. The number of amides is 1. The van der Waals surface area contributed by atoms with Gasteiger partial charge in [-0.3, -0.25) is 4.79 Å². The summed E-state index contributed by atoms with van der Waals surface area (Å²) in [6.07, 6.45) is 1.23. The van der Waals surface area contributed by atoms with Crippen LogP contribution in [0.15, 0.2) is 28.7 Å². The van der Waals surface area contributed by atoms with E-state index in [0.717, 1.165) is 10.9 Å². The predicted octanol–water partition coefficient (Wildman–Crippen LogP) is 1.90. The number of likely N-dealkylation sites (tertiary alicyclic amines) is 1. The van der Waals surface area contributed by atoms with Gasteiger partial charge in [0.2, 0.25) is 0 Å². The fourth-order valence-corrected chi connectivity index (χ4v) is 2.48. The summed E-state index contributed by atoms with van der Waals surface area (Å²) in [6, 6.07) is 6.46. The average Bonchev–Trinajstić information content (AvgIpc) is 2.85. The minimum absolute atomic E-state index is 0.139. The van der Waals surface area contributed by atoms with E-state index >= 15 is 0 Å². The lowest BCUT2D eigenvalue weighted by Crippen LogP contribution is -2.42. The lowest BCUT2D eigenvalue weighted by molar-refractivity contribution is -0.148. The predicted molar refractivity (Wildman–Crippen MR) is 72.0 cm³/mol. The minimum Gasteiger partial charge on any atom is -0.484 e. The Balaban J connectivity index is 1.92. The van der Waals surface area contributed by atoms with Crippen LogP contribution in [-0.4, -0.2) is 41.1 Å². The van der Waals surface area contributed by atoms with Gasteiger partial charge in [-0.25, -0.2) is 4.79 Å². The molecular weight excluding hydrogens is 314 g/mol. The van der Waals surface area contributed by atoms with Gasteiger partial charge in [0.15, 0.2) is 6.61 Å². The van der Waals surface area contributed by atoms with E-state index in [1.54, 1.807) is 18.2 Å². The number of carboxylic acids is 1. The molecule has 0 bridgehead atoms. The van der Waals surface area contributed by atoms with Crippen LogP contribution in [0.4, 0.5) is 0 Å². The molecule has 6 heteroatoms. The number of carbonyl (C=O) groups is 2. The summed E-state index contributed by atoms with van der Waals surface area (Å²) in [5.41, 5.74) is 0. The number of rotatable bonds is 4. The van der Waals surface area contributed by atoms with E-state index < -0.39 is 12.0 Å². The molecular formula is C13H14BrNO4. The smallest absolute Gasteiger partial charge is 0.326 e. The maximum absolute atomic E-state index is 11.9. The van der Waals surface area contributed by atoms with Crippen molar-refractivity contribution in [1.82, 2.24) is 4.90 Å². The van der Waals surface area contributed by atoms with Crippen molar-refractivity contribution in [2.24, 2.45) is 0 Å². The number of carbonyl (C=O) groups excluding carboxylic acids is 1. The Hall–Kier alpha value is -1.56. The van der Waals surface area contributed by atoms with Gasteiger partial charge < -0.3 is 14.7 Å². The van der Waals surface area contributed by atoms with E-state index in [4.69, 9.17) is 9.84 Å². The summed E-state index contributed by atoms with van der Waals surface area (Å²) in [5.74, 6) is -0.660. The molecule has 0 spiro atoms. The van der Waals surface area contributed by atoms with Crippen molar-refractivity contribution in [1.29, 1.82) is 0 Å². The van der Waals surface area contributed by atoms with E-state index in [-0.39, 0.29) is 12.5 Å². The van der Waals surface area contributed by atoms with Crippen molar-refractivity contribution in [2.45, 2.75) is 18.9 Å². The Morgan fingerprint density at radius 3 is 2.95 bits per heavy atom. The van der Waals surface area contributed by atoms with E-state index in [1.165, 1.54) is 4.90 Å². The van der Waals surface area contributed by atoms with Crippen LogP contribution >= 0.6 is 15.9 Å². The van der Waals surface area contributed by atoms with Gasteiger partial charge in [0.05, 0.1) is 0 Å². The molecule has 1 aliphatic heterocycles. The Morgan fingerprint density at radius 1 is 1.47 bits per heavy atom. The highest BCUT2D eigenvalue weighted by Crippen LogP contribution is 2.20. The van der Waals surface area contributed by atoms with Gasteiger partial charge in [-0.1, -0.05) is 22.0 Å². The van der Waals surface area contributed by atoms with Crippen LogP contribution in [0.3, 0.4) is 0 Å². The number of hydrogen-bond acceptors (Lipinski definition) is 3.